The molecule has 0 radical (unpaired) electrons. The summed E-state index contributed by atoms with van der Waals surface area (Å²) in [6.07, 6.45) is 2.70. The van der Waals surface area contributed by atoms with Crippen molar-refractivity contribution < 1.29 is 23.6 Å². The van der Waals surface area contributed by atoms with Crippen LogP contribution in [0.3, 0.4) is 0 Å². The van der Waals surface area contributed by atoms with E-state index >= 15 is 0 Å². The number of aliphatic carboxylic acids is 1. The smallest absolute Gasteiger partial charge is 0.201 e. The summed E-state index contributed by atoms with van der Waals surface area (Å²) in [4.78, 5) is 37.6. The SMILES string of the molecule is Cc1ccc2occ(C[NH+](CC(=O)[O-])Cc3coc4ccc(C)cc4c3=O)c(=O)c2c1. The highest BCUT2D eigenvalue weighted by Crippen LogP contribution is 2.14. The normalized spacial score (nSPS) is 11.5. The van der Waals surface area contributed by atoms with E-state index in [2.05, 4.69) is 0 Å². The second-order valence-electron chi connectivity index (χ2n) is 7.83. The Morgan fingerprint density at radius 1 is 0.839 bits per heavy atom. The second kappa shape index (κ2) is 8.20. The first-order valence-corrected chi connectivity index (χ1v) is 9.87. The topological polar surface area (TPSA) is 105 Å². The van der Waals surface area contributed by atoms with Crippen molar-refractivity contribution >= 4 is 27.9 Å². The van der Waals surface area contributed by atoms with Crippen molar-refractivity contribution in [2.45, 2.75) is 26.9 Å². The molecule has 0 saturated carbocycles. The molecule has 0 aliphatic heterocycles. The van der Waals surface area contributed by atoms with Crippen LogP contribution in [0.2, 0.25) is 0 Å². The van der Waals surface area contributed by atoms with Gasteiger partial charge >= 0.3 is 0 Å². The Bertz CT molecular complexity index is 1310. The fourth-order valence-electron chi connectivity index (χ4n) is 3.74. The number of quaternary nitrogens is 1. The second-order valence-corrected chi connectivity index (χ2v) is 7.83. The molecule has 0 bridgehead atoms. The maximum atomic E-state index is 12.9. The summed E-state index contributed by atoms with van der Waals surface area (Å²) in [5.41, 5.74) is 2.98. The molecule has 0 aliphatic carbocycles. The summed E-state index contributed by atoms with van der Waals surface area (Å²) in [5, 5.41) is 12.2. The van der Waals surface area contributed by atoms with Crippen molar-refractivity contribution in [1.82, 2.24) is 0 Å². The van der Waals surface area contributed by atoms with Gasteiger partial charge < -0.3 is 23.6 Å². The Morgan fingerprint density at radius 3 is 1.71 bits per heavy atom. The summed E-state index contributed by atoms with van der Waals surface area (Å²) >= 11 is 0. The number of aryl methyl sites for hydroxylation is 2. The molecular formula is C24H21NO6. The van der Waals surface area contributed by atoms with Gasteiger partial charge in [-0.2, -0.15) is 0 Å². The Labute approximate surface area is 177 Å². The van der Waals surface area contributed by atoms with Crippen LogP contribution >= 0.6 is 0 Å². The molecule has 0 spiro atoms. The number of benzene rings is 2. The van der Waals surface area contributed by atoms with Gasteiger partial charge in [0.2, 0.25) is 10.9 Å². The molecular weight excluding hydrogens is 398 g/mol. The third kappa shape index (κ3) is 4.27. The number of carbonyl (C=O) groups excluding carboxylic acids is 1. The van der Waals surface area contributed by atoms with Gasteiger partial charge in [-0.1, -0.05) is 23.3 Å². The zero-order valence-electron chi connectivity index (χ0n) is 17.2. The number of hydrogen-bond donors (Lipinski definition) is 1. The van der Waals surface area contributed by atoms with E-state index in [4.69, 9.17) is 8.83 Å². The van der Waals surface area contributed by atoms with Gasteiger partial charge in [0, 0.05) is 0 Å². The van der Waals surface area contributed by atoms with Crippen molar-refractivity contribution in [3.63, 3.8) is 0 Å². The molecule has 4 aromatic rings. The summed E-state index contributed by atoms with van der Waals surface area (Å²) < 4.78 is 11.1. The minimum atomic E-state index is -1.28. The molecule has 0 saturated heterocycles. The predicted molar refractivity (Wildman–Crippen MR) is 113 cm³/mol. The maximum Gasteiger partial charge on any atom is 0.201 e. The van der Waals surface area contributed by atoms with Crippen molar-refractivity contribution in [1.29, 1.82) is 0 Å². The molecule has 0 amide bonds. The molecule has 0 atom stereocenters. The van der Waals surface area contributed by atoms with E-state index < -0.39 is 5.97 Å². The van der Waals surface area contributed by atoms with Crippen LogP contribution in [0.1, 0.15) is 22.3 Å². The van der Waals surface area contributed by atoms with E-state index in [-0.39, 0.29) is 30.5 Å². The van der Waals surface area contributed by atoms with E-state index in [0.717, 1.165) is 11.1 Å². The lowest BCUT2D eigenvalue weighted by molar-refractivity contribution is -0.922. The van der Waals surface area contributed by atoms with Crippen LogP contribution in [-0.2, 0) is 17.9 Å². The van der Waals surface area contributed by atoms with Crippen molar-refractivity contribution in [2.75, 3.05) is 6.54 Å². The quantitative estimate of drug-likeness (QED) is 0.497. The molecule has 4 rings (SSSR count). The Kier molecular flexibility index (Phi) is 5.44. The van der Waals surface area contributed by atoms with E-state index in [1.54, 1.807) is 24.3 Å². The first-order valence-electron chi connectivity index (χ1n) is 9.87. The number of hydrogen-bond acceptors (Lipinski definition) is 6. The van der Waals surface area contributed by atoms with Crippen LogP contribution in [0.25, 0.3) is 21.9 Å². The van der Waals surface area contributed by atoms with Gasteiger partial charge in [0.25, 0.3) is 0 Å². The molecule has 0 fully saturated rings. The lowest BCUT2D eigenvalue weighted by Crippen LogP contribution is -3.11. The van der Waals surface area contributed by atoms with Gasteiger partial charge in [-0.05, 0) is 38.1 Å². The number of carboxylic acid groups (broad SMARTS) is 1. The van der Waals surface area contributed by atoms with Gasteiger partial charge in [0.05, 0.1) is 27.9 Å². The van der Waals surface area contributed by atoms with Gasteiger partial charge in [0.15, 0.2) is 0 Å². The molecule has 31 heavy (non-hydrogen) atoms. The standard InChI is InChI=1S/C24H21NO6/c1-14-3-5-20-18(7-14)23(28)16(12-30-20)9-25(11-22(26)27)10-17-13-31-21-6-4-15(2)8-19(21)24(17)29/h3-8,12-13H,9-11H2,1-2H3,(H,26,27). The van der Waals surface area contributed by atoms with E-state index in [1.807, 2.05) is 26.0 Å². The zero-order valence-corrected chi connectivity index (χ0v) is 17.2. The highest BCUT2D eigenvalue weighted by atomic mass is 16.4. The zero-order chi connectivity index (χ0) is 22.1. The molecule has 2 heterocycles. The summed E-state index contributed by atoms with van der Waals surface area (Å²) in [6, 6.07) is 10.6. The van der Waals surface area contributed by atoms with Crippen LogP contribution < -0.4 is 20.9 Å². The number of carboxylic acids is 1. The molecule has 1 N–H and O–H groups in total. The molecule has 0 aliphatic rings. The van der Waals surface area contributed by atoms with E-state index in [1.165, 1.54) is 12.5 Å². The Morgan fingerprint density at radius 2 is 1.29 bits per heavy atom. The Balaban J connectivity index is 1.70. The number of fused-ring (bicyclic) bond motifs is 2. The highest BCUT2D eigenvalue weighted by Gasteiger charge is 2.19. The summed E-state index contributed by atoms with van der Waals surface area (Å²) in [5.74, 6) is -1.28. The van der Waals surface area contributed by atoms with Crippen LogP contribution in [0, 0.1) is 13.8 Å². The average Bonchev–Trinajstić information content (AvgIpc) is 2.72. The first-order chi connectivity index (χ1) is 14.8. The van der Waals surface area contributed by atoms with E-state index in [0.29, 0.717) is 38.0 Å². The molecule has 7 nitrogen and oxygen atoms in total. The minimum absolute atomic E-state index is 0.0610. The predicted octanol–water partition coefficient (Wildman–Crippen LogP) is 0.851. The minimum Gasteiger partial charge on any atom is -0.544 e. The fourth-order valence-corrected chi connectivity index (χ4v) is 3.74. The van der Waals surface area contributed by atoms with Crippen LogP contribution in [0.4, 0.5) is 0 Å². The van der Waals surface area contributed by atoms with Crippen molar-refractivity contribution in [3.8, 4) is 0 Å². The number of nitrogens with one attached hydrogen (secondary N) is 1. The van der Waals surface area contributed by atoms with E-state index in [9.17, 15) is 19.5 Å². The van der Waals surface area contributed by atoms with Gasteiger partial charge in [-0.3, -0.25) is 9.59 Å². The van der Waals surface area contributed by atoms with Crippen LogP contribution in [0.5, 0.6) is 0 Å². The highest BCUT2D eigenvalue weighted by molar-refractivity contribution is 5.78. The third-order valence-corrected chi connectivity index (χ3v) is 5.27. The number of carbonyl (C=O) groups is 1. The molecule has 2 aromatic heterocycles. The lowest BCUT2D eigenvalue weighted by Gasteiger charge is -2.19. The van der Waals surface area contributed by atoms with Gasteiger partial charge in [-0.15, -0.1) is 0 Å². The fraction of sp³-hybridized carbons (Fsp3) is 0.208. The monoisotopic (exact) mass is 419 g/mol. The van der Waals surface area contributed by atoms with Crippen molar-refractivity contribution in [3.05, 3.63) is 91.6 Å². The van der Waals surface area contributed by atoms with Crippen LogP contribution in [-0.4, -0.2) is 12.5 Å². The van der Waals surface area contributed by atoms with Crippen molar-refractivity contribution in [2.24, 2.45) is 0 Å². The maximum absolute atomic E-state index is 12.9. The van der Waals surface area contributed by atoms with Crippen LogP contribution in [0.15, 0.2) is 67.3 Å². The largest absolute Gasteiger partial charge is 0.544 e. The van der Waals surface area contributed by atoms with Gasteiger partial charge in [0.1, 0.15) is 43.3 Å². The Hall–Kier alpha value is -3.71. The molecule has 2 aromatic carbocycles. The summed E-state index contributed by atoms with van der Waals surface area (Å²) in [6.45, 7) is 3.49. The number of rotatable bonds is 6. The average molecular weight is 419 g/mol. The molecule has 7 heteroatoms. The molecule has 0 unspecified atom stereocenters. The lowest BCUT2D eigenvalue weighted by atomic mass is 10.1. The third-order valence-electron chi connectivity index (χ3n) is 5.27. The first kappa shape index (κ1) is 20.6. The van der Waals surface area contributed by atoms with Gasteiger partial charge in [-0.25, -0.2) is 0 Å². The molecule has 158 valence electrons. The summed E-state index contributed by atoms with van der Waals surface area (Å²) in [7, 11) is 0.